The molecule has 0 aromatic rings. The predicted molar refractivity (Wildman–Crippen MR) is 35.7 cm³/mol. The minimum absolute atomic E-state index is 0.741. The number of aliphatic hydroxyl groups is 1. The molecule has 0 fully saturated rings. The van der Waals surface area contributed by atoms with Gasteiger partial charge in [-0.15, -0.1) is 0 Å². The molecule has 0 aromatic carbocycles. The van der Waals surface area contributed by atoms with Gasteiger partial charge in [0.2, 0.25) is 0 Å². The van der Waals surface area contributed by atoms with Gasteiger partial charge in [-0.1, -0.05) is 13.0 Å². The van der Waals surface area contributed by atoms with Crippen molar-refractivity contribution >= 4 is 0 Å². The Morgan fingerprint density at radius 3 is 2.56 bits per heavy atom. The molecule has 0 aliphatic carbocycles. The lowest BCUT2D eigenvalue weighted by molar-refractivity contribution is 0.262. The Balaban J connectivity index is 4.01. The number of nitrogens with zero attached hydrogens (tertiary/aromatic N) is 1. The number of nitriles is 1. The molecule has 0 amide bonds. The quantitative estimate of drug-likeness (QED) is 0.445. The van der Waals surface area contributed by atoms with Crippen LogP contribution in [0.5, 0.6) is 0 Å². The highest BCUT2D eigenvalue weighted by atomic mass is 16.3. The minimum Gasteiger partial charge on any atom is -0.374 e. The van der Waals surface area contributed by atoms with Crippen LogP contribution >= 0.6 is 0 Å². The van der Waals surface area contributed by atoms with Crippen LogP contribution in [0.4, 0.5) is 0 Å². The highest BCUT2D eigenvalue weighted by Gasteiger charge is 2.03. The van der Waals surface area contributed by atoms with Crippen LogP contribution in [-0.2, 0) is 0 Å². The smallest absolute Gasteiger partial charge is 0.161 e. The van der Waals surface area contributed by atoms with Gasteiger partial charge in [0.15, 0.2) is 6.10 Å². The van der Waals surface area contributed by atoms with Gasteiger partial charge < -0.3 is 5.11 Å². The molecule has 0 unspecified atom stereocenters. The predicted octanol–water partition coefficient (Wildman–Crippen LogP) is 1.23. The highest BCUT2D eigenvalue weighted by molar-refractivity contribution is 5.14. The van der Waals surface area contributed by atoms with E-state index in [9.17, 15) is 0 Å². The fraction of sp³-hybridized carbons (Fsp3) is 0.571. The van der Waals surface area contributed by atoms with Crippen molar-refractivity contribution in [3.63, 3.8) is 0 Å². The summed E-state index contributed by atoms with van der Waals surface area (Å²) in [5, 5.41) is 17.1. The number of hydrogen-bond acceptors (Lipinski definition) is 2. The van der Waals surface area contributed by atoms with Gasteiger partial charge in [0.05, 0.1) is 6.07 Å². The van der Waals surface area contributed by atoms with Gasteiger partial charge in [0.1, 0.15) is 0 Å². The van der Waals surface area contributed by atoms with E-state index in [1.807, 2.05) is 13.8 Å². The topological polar surface area (TPSA) is 44.0 Å². The van der Waals surface area contributed by atoms with Gasteiger partial charge in [0.25, 0.3) is 0 Å². The number of aliphatic hydroxyl groups excluding tert-OH is 1. The van der Waals surface area contributed by atoms with Crippen molar-refractivity contribution < 1.29 is 5.11 Å². The van der Waals surface area contributed by atoms with Crippen LogP contribution in [0.1, 0.15) is 20.3 Å². The highest BCUT2D eigenvalue weighted by Crippen LogP contribution is 2.04. The maximum atomic E-state index is 8.89. The second kappa shape index (κ2) is 4.11. The number of rotatable bonds is 2. The summed E-state index contributed by atoms with van der Waals surface area (Å²) >= 11 is 0. The first-order chi connectivity index (χ1) is 4.26. The molecular weight excluding hydrogens is 114 g/mol. The van der Waals surface area contributed by atoms with Gasteiger partial charge >= 0.3 is 0 Å². The first kappa shape index (κ1) is 8.19. The van der Waals surface area contributed by atoms with Crippen molar-refractivity contribution in [2.24, 2.45) is 0 Å². The number of allylic oxidation sites excluding steroid dienone is 1. The Kier molecular flexibility index (Phi) is 3.74. The summed E-state index contributed by atoms with van der Waals surface area (Å²) in [5.74, 6) is 0. The summed E-state index contributed by atoms with van der Waals surface area (Å²) in [6.45, 7) is 3.73. The zero-order valence-electron chi connectivity index (χ0n) is 5.76. The van der Waals surface area contributed by atoms with E-state index >= 15 is 0 Å². The van der Waals surface area contributed by atoms with Gasteiger partial charge in [0, 0.05) is 0 Å². The zero-order valence-corrected chi connectivity index (χ0v) is 5.76. The van der Waals surface area contributed by atoms with Crippen molar-refractivity contribution in [2.75, 3.05) is 0 Å². The van der Waals surface area contributed by atoms with Crippen molar-refractivity contribution in [1.82, 2.24) is 0 Å². The van der Waals surface area contributed by atoms with E-state index in [1.54, 1.807) is 12.1 Å². The molecule has 50 valence electrons. The summed E-state index contributed by atoms with van der Waals surface area (Å²) in [6.07, 6.45) is 1.61. The molecule has 0 spiro atoms. The molecule has 1 atom stereocenters. The van der Waals surface area contributed by atoms with Crippen molar-refractivity contribution in [1.29, 1.82) is 5.26 Å². The second-order valence-corrected chi connectivity index (χ2v) is 1.75. The largest absolute Gasteiger partial charge is 0.374 e. The van der Waals surface area contributed by atoms with E-state index in [1.165, 1.54) is 0 Å². The van der Waals surface area contributed by atoms with Crippen molar-refractivity contribution in [3.8, 4) is 6.07 Å². The third-order valence-corrected chi connectivity index (χ3v) is 1.25. The van der Waals surface area contributed by atoms with Crippen LogP contribution < -0.4 is 0 Å². The molecule has 0 saturated carbocycles. The summed E-state index contributed by atoms with van der Waals surface area (Å²) in [4.78, 5) is 0. The molecule has 0 bridgehead atoms. The van der Waals surface area contributed by atoms with Gasteiger partial charge in [-0.05, 0) is 18.9 Å². The molecule has 2 nitrogen and oxygen atoms in total. The maximum Gasteiger partial charge on any atom is 0.161 e. The summed E-state index contributed by atoms with van der Waals surface area (Å²) in [6, 6.07) is 1.75. The molecule has 0 radical (unpaired) electrons. The van der Waals surface area contributed by atoms with Crippen molar-refractivity contribution in [2.45, 2.75) is 26.4 Å². The van der Waals surface area contributed by atoms with Crippen LogP contribution in [0.15, 0.2) is 11.6 Å². The SMILES string of the molecule is C/C=C(\CC)[C@@H](O)C#N. The third kappa shape index (κ3) is 2.29. The Labute approximate surface area is 55.4 Å². The van der Waals surface area contributed by atoms with E-state index < -0.39 is 6.10 Å². The van der Waals surface area contributed by atoms with Gasteiger partial charge in [-0.2, -0.15) is 5.26 Å². The summed E-state index contributed by atoms with van der Waals surface area (Å²) < 4.78 is 0. The normalized spacial score (nSPS) is 14.7. The first-order valence-electron chi connectivity index (χ1n) is 2.99. The van der Waals surface area contributed by atoms with Crippen LogP contribution in [-0.4, -0.2) is 11.2 Å². The number of hydrogen-bond donors (Lipinski definition) is 1. The Morgan fingerprint density at radius 1 is 1.89 bits per heavy atom. The van der Waals surface area contributed by atoms with E-state index in [-0.39, 0.29) is 0 Å². The van der Waals surface area contributed by atoms with Gasteiger partial charge in [-0.25, -0.2) is 0 Å². The lowest BCUT2D eigenvalue weighted by atomic mass is 10.1. The Bertz CT molecular complexity index is 143. The van der Waals surface area contributed by atoms with E-state index in [0.29, 0.717) is 0 Å². The van der Waals surface area contributed by atoms with Crippen molar-refractivity contribution in [3.05, 3.63) is 11.6 Å². The standard InChI is InChI=1S/C7H11NO/c1-3-6(4-2)7(9)5-8/h3,7,9H,4H2,1-2H3/b6-3+/t7-/m0/s1. The fourth-order valence-electron chi connectivity index (χ4n) is 0.638. The van der Waals surface area contributed by atoms with E-state index in [2.05, 4.69) is 0 Å². The minimum atomic E-state index is -0.903. The maximum absolute atomic E-state index is 8.89. The average Bonchev–Trinajstić information content (AvgIpc) is 1.90. The monoisotopic (exact) mass is 125 g/mol. The summed E-state index contributed by atoms with van der Waals surface area (Å²) in [5.41, 5.74) is 0.789. The fourth-order valence-corrected chi connectivity index (χ4v) is 0.638. The molecule has 1 N–H and O–H groups in total. The average molecular weight is 125 g/mol. The Hall–Kier alpha value is -0.810. The molecule has 0 aromatic heterocycles. The molecule has 0 aliphatic heterocycles. The molecule has 0 aliphatic rings. The lowest BCUT2D eigenvalue weighted by Gasteiger charge is -2.01. The molecule has 0 saturated heterocycles. The molecule has 0 rings (SSSR count). The molecule has 0 heterocycles. The van der Waals surface area contributed by atoms with E-state index in [0.717, 1.165) is 12.0 Å². The molecule has 9 heavy (non-hydrogen) atoms. The lowest BCUT2D eigenvalue weighted by Crippen LogP contribution is -2.05. The summed E-state index contributed by atoms with van der Waals surface area (Å²) in [7, 11) is 0. The molecule has 2 heteroatoms. The Morgan fingerprint density at radius 2 is 2.44 bits per heavy atom. The van der Waals surface area contributed by atoms with Crippen LogP contribution in [0.3, 0.4) is 0 Å². The zero-order chi connectivity index (χ0) is 7.28. The van der Waals surface area contributed by atoms with Crippen LogP contribution in [0.25, 0.3) is 0 Å². The molecular formula is C7H11NO. The second-order valence-electron chi connectivity index (χ2n) is 1.75. The van der Waals surface area contributed by atoms with Crippen LogP contribution in [0.2, 0.25) is 0 Å². The van der Waals surface area contributed by atoms with E-state index in [4.69, 9.17) is 10.4 Å². The first-order valence-corrected chi connectivity index (χ1v) is 2.99. The third-order valence-electron chi connectivity index (χ3n) is 1.25. The van der Waals surface area contributed by atoms with Gasteiger partial charge in [-0.3, -0.25) is 0 Å². The van der Waals surface area contributed by atoms with Crippen LogP contribution in [0, 0.1) is 11.3 Å².